The van der Waals surface area contributed by atoms with Gasteiger partial charge in [0.25, 0.3) is 0 Å². The van der Waals surface area contributed by atoms with Crippen molar-refractivity contribution in [2.75, 3.05) is 25.5 Å². The van der Waals surface area contributed by atoms with E-state index < -0.39 is 11.6 Å². The first-order chi connectivity index (χ1) is 17.8. The van der Waals surface area contributed by atoms with Gasteiger partial charge in [0.15, 0.2) is 5.82 Å². The summed E-state index contributed by atoms with van der Waals surface area (Å²) in [6.07, 6.45) is 0.487. The zero-order valence-electron chi connectivity index (χ0n) is 21.7. The van der Waals surface area contributed by atoms with Gasteiger partial charge in [0, 0.05) is 18.5 Å². The van der Waals surface area contributed by atoms with Crippen molar-refractivity contribution in [1.82, 2.24) is 19.9 Å². The molecule has 0 aliphatic rings. The maximum Gasteiger partial charge on any atom is 0.237 e. The molecule has 0 fully saturated rings. The molecule has 0 saturated carbocycles. The summed E-state index contributed by atoms with van der Waals surface area (Å²) in [5.41, 5.74) is 15.2. The van der Waals surface area contributed by atoms with Crippen molar-refractivity contribution in [3.8, 4) is 0 Å². The molecule has 9 heteroatoms. The largest absolute Gasteiger partial charge is 0.382 e. The highest BCUT2D eigenvalue weighted by molar-refractivity contribution is 6.06. The first-order valence-electron chi connectivity index (χ1n) is 12.6. The summed E-state index contributed by atoms with van der Waals surface area (Å²) in [4.78, 5) is 21.8. The Kier molecular flexibility index (Phi) is 8.38. The quantitative estimate of drug-likeness (QED) is 0.253. The number of aromatic nitrogens is 3. The van der Waals surface area contributed by atoms with Crippen molar-refractivity contribution in [2.24, 2.45) is 5.73 Å². The SMILES string of the molecule is CCOCc1nc2c(N)nc3ccccc3c2n1CC(C)(C)OCCNC(=O)C(N)Cc1ccccc1. The Labute approximate surface area is 217 Å². The molecule has 4 aromatic rings. The normalized spacial score (nSPS) is 12.8. The average molecular weight is 505 g/mol. The lowest BCUT2D eigenvalue weighted by Gasteiger charge is -2.27. The van der Waals surface area contributed by atoms with Crippen molar-refractivity contribution < 1.29 is 14.3 Å². The number of para-hydroxylation sites is 1. The van der Waals surface area contributed by atoms with E-state index >= 15 is 0 Å². The molecule has 37 heavy (non-hydrogen) atoms. The standard InChI is InChI=1S/C28H36N6O3/c1-4-36-17-23-33-24-25(20-12-8-9-13-22(20)32-26(24)30)34(23)18-28(2,3)37-15-14-31-27(35)21(29)16-19-10-6-5-7-11-19/h5-13,21H,4,14-18,29H2,1-3H3,(H2,30,32)(H,31,35). The molecule has 4 rings (SSSR count). The topological polar surface area (TPSA) is 130 Å². The Bertz CT molecular complexity index is 1350. The predicted molar refractivity (Wildman–Crippen MR) is 146 cm³/mol. The van der Waals surface area contributed by atoms with Gasteiger partial charge in [0.05, 0.1) is 35.8 Å². The number of nitrogens with zero attached hydrogens (tertiary/aromatic N) is 3. The molecule has 2 aromatic carbocycles. The van der Waals surface area contributed by atoms with E-state index in [4.69, 9.17) is 25.9 Å². The first-order valence-corrected chi connectivity index (χ1v) is 12.6. The Hall–Kier alpha value is -3.53. The van der Waals surface area contributed by atoms with Crippen LogP contribution in [0.2, 0.25) is 0 Å². The molecule has 2 heterocycles. The number of rotatable bonds is 12. The van der Waals surface area contributed by atoms with Crippen molar-refractivity contribution in [3.63, 3.8) is 0 Å². The molecule has 0 saturated heterocycles. The number of pyridine rings is 1. The van der Waals surface area contributed by atoms with Gasteiger partial charge in [-0.25, -0.2) is 9.97 Å². The molecule has 0 bridgehead atoms. The lowest BCUT2D eigenvalue weighted by molar-refractivity contribution is -0.123. The molecule has 196 valence electrons. The summed E-state index contributed by atoms with van der Waals surface area (Å²) >= 11 is 0. The number of carbonyl (C=O) groups excluding carboxylic acids is 1. The maximum absolute atomic E-state index is 12.4. The number of anilines is 1. The van der Waals surface area contributed by atoms with E-state index in [1.54, 1.807) is 0 Å². The van der Waals surface area contributed by atoms with Crippen LogP contribution in [0.15, 0.2) is 54.6 Å². The molecule has 0 aliphatic carbocycles. The number of carbonyl (C=O) groups is 1. The van der Waals surface area contributed by atoms with Gasteiger partial charge in [-0.05, 0) is 38.8 Å². The van der Waals surface area contributed by atoms with E-state index in [-0.39, 0.29) is 5.91 Å². The smallest absolute Gasteiger partial charge is 0.237 e. The lowest BCUT2D eigenvalue weighted by Crippen LogP contribution is -2.44. The van der Waals surface area contributed by atoms with Gasteiger partial charge in [-0.2, -0.15) is 0 Å². The number of nitrogen functional groups attached to an aromatic ring is 1. The summed E-state index contributed by atoms with van der Waals surface area (Å²) in [6, 6.07) is 17.0. The van der Waals surface area contributed by atoms with E-state index in [0.29, 0.717) is 50.7 Å². The van der Waals surface area contributed by atoms with Gasteiger partial charge < -0.3 is 30.8 Å². The minimum atomic E-state index is -0.610. The summed E-state index contributed by atoms with van der Waals surface area (Å²) < 4.78 is 14.0. The molecular weight excluding hydrogens is 468 g/mol. The van der Waals surface area contributed by atoms with Crippen molar-refractivity contribution >= 4 is 33.7 Å². The van der Waals surface area contributed by atoms with Crippen LogP contribution in [0.3, 0.4) is 0 Å². The number of fused-ring (bicyclic) bond motifs is 3. The van der Waals surface area contributed by atoms with Crippen LogP contribution in [-0.4, -0.2) is 51.8 Å². The van der Waals surface area contributed by atoms with Gasteiger partial charge in [0.1, 0.15) is 17.9 Å². The van der Waals surface area contributed by atoms with Gasteiger partial charge in [0.2, 0.25) is 5.91 Å². The van der Waals surface area contributed by atoms with Crippen molar-refractivity contribution in [3.05, 3.63) is 66.0 Å². The number of amides is 1. The van der Waals surface area contributed by atoms with Crippen LogP contribution in [0, 0.1) is 0 Å². The van der Waals surface area contributed by atoms with Crippen LogP contribution in [0.1, 0.15) is 32.2 Å². The molecule has 0 radical (unpaired) electrons. The predicted octanol–water partition coefficient (Wildman–Crippen LogP) is 3.18. The van der Waals surface area contributed by atoms with E-state index in [0.717, 1.165) is 27.8 Å². The Morgan fingerprint density at radius 1 is 1.11 bits per heavy atom. The third-order valence-corrected chi connectivity index (χ3v) is 6.19. The number of imidazole rings is 1. The molecule has 1 amide bonds. The van der Waals surface area contributed by atoms with Crippen molar-refractivity contribution in [1.29, 1.82) is 0 Å². The fourth-order valence-electron chi connectivity index (χ4n) is 4.40. The molecular formula is C28H36N6O3. The van der Waals surface area contributed by atoms with Gasteiger partial charge in [-0.1, -0.05) is 48.5 Å². The molecule has 0 spiro atoms. The molecule has 5 N–H and O–H groups in total. The fraction of sp³-hybridized carbons (Fsp3) is 0.393. The fourth-order valence-corrected chi connectivity index (χ4v) is 4.40. The van der Waals surface area contributed by atoms with Gasteiger partial charge in [-0.15, -0.1) is 0 Å². The third-order valence-electron chi connectivity index (χ3n) is 6.19. The lowest BCUT2D eigenvalue weighted by atomic mass is 10.1. The Balaban J connectivity index is 1.44. The van der Waals surface area contributed by atoms with Crippen LogP contribution in [0.5, 0.6) is 0 Å². The number of benzene rings is 2. The van der Waals surface area contributed by atoms with Gasteiger partial charge in [-0.3, -0.25) is 4.79 Å². The highest BCUT2D eigenvalue weighted by Crippen LogP contribution is 2.30. The zero-order chi connectivity index (χ0) is 26.4. The number of hydrogen-bond acceptors (Lipinski definition) is 7. The summed E-state index contributed by atoms with van der Waals surface area (Å²) in [5, 5.41) is 3.85. The first kappa shape index (κ1) is 26.5. The van der Waals surface area contributed by atoms with E-state index in [1.165, 1.54) is 0 Å². The summed E-state index contributed by atoms with van der Waals surface area (Å²) in [6.45, 7) is 8.12. The molecule has 1 atom stereocenters. The number of ether oxygens (including phenoxy) is 2. The van der Waals surface area contributed by atoms with E-state index in [2.05, 4.69) is 14.9 Å². The van der Waals surface area contributed by atoms with Gasteiger partial charge >= 0.3 is 0 Å². The van der Waals surface area contributed by atoms with E-state index in [9.17, 15) is 4.79 Å². The number of nitrogens with one attached hydrogen (secondary N) is 1. The van der Waals surface area contributed by atoms with Crippen LogP contribution in [-0.2, 0) is 33.8 Å². The average Bonchev–Trinajstić information content (AvgIpc) is 3.24. The molecule has 1 unspecified atom stereocenters. The van der Waals surface area contributed by atoms with Crippen molar-refractivity contribution in [2.45, 2.75) is 52.0 Å². The molecule has 9 nitrogen and oxygen atoms in total. The monoisotopic (exact) mass is 504 g/mol. The van der Waals surface area contributed by atoms with E-state index in [1.807, 2.05) is 75.4 Å². The minimum Gasteiger partial charge on any atom is -0.382 e. The second-order valence-corrected chi connectivity index (χ2v) is 9.66. The number of hydrogen-bond donors (Lipinski definition) is 3. The zero-order valence-corrected chi connectivity index (χ0v) is 21.7. The number of nitrogens with two attached hydrogens (primary N) is 2. The Morgan fingerprint density at radius 3 is 2.59 bits per heavy atom. The summed E-state index contributed by atoms with van der Waals surface area (Å²) in [5.74, 6) is 0.955. The maximum atomic E-state index is 12.4. The van der Waals surface area contributed by atoms with Crippen LogP contribution in [0.4, 0.5) is 5.82 Å². The molecule has 0 aliphatic heterocycles. The second kappa shape index (κ2) is 11.7. The highest BCUT2D eigenvalue weighted by atomic mass is 16.5. The Morgan fingerprint density at radius 2 is 1.84 bits per heavy atom. The van der Waals surface area contributed by atoms with Crippen LogP contribution >= 0.6 is 0 Å². The van der Waals surface area contributed by atoms with Crippen LogP contribution < -0.4 is 16.8 Å². The summed E-state index contributed by atoms with van der Waals surface area (Å²) in [7, 11) is 0. The molecule has 2 aromatic heterocycles. The second-order valence-electron chi connectivity index (χ2n) is 9.66. The highest BCUT2D eigenvalue weighted by Gasteiger charge is 2.25. The third kappa shape index (κ3) is 6.43. The minimum absolute atomic E-state index is 0.195. The van der Waals surface area contributed by atoms with Crippen LogP contribution in [0.25, 0.3) is 21.9 Å².